The van der Waals surface area contributed by atoms with Crippen LogP contribution in [-0.2, 0) is 4.74 Å². The van der Waals surface area contributed by atoms with Crippen LogP contribution in [0.25, 0.3) is 5.76 Å². The molecule has 0 bridgehead atoms. The Morgan fingerprint density at radius 2 is 2.27 bits per heavy atom. The number of nitrogens with two attached hydrogens (primary N) is 1. The molecular weight excluding hydrogens is 197 g/mol. The molecule has 1 aromatic rings. The molecule has 0 saturated carbocycles. The standard InChI is InChI=1S/C11H12FNO2/c1-3-15-7(2)8-4-5-9(11(13)14)10(12)6-8/h4-6H,2-3H2,1H3,(H2,13,14). The Labute approximate surface area is 87.3 Å². The quantitative estimate of drug-likeness (QED) is 0.770. The van der Waals surface area contributed by atoms with Crippen molar-refractivity contribution in [3.63, 3.8) is 0 Å². The van der Waals surface area contributed by atoms with E-state index in [1.807, 2.05) is 0 Å². The highest BCUT2D eigenvalue weighted by Crippen LogP contribution is 2.17. The van der Waals surface area contributed by atoms with Gasteiger partial charge in [0.05, 0.1) is 12.2 Å². The second-order valence-electron chi connectivity index (χ2n) is 2.92. The highest BCUT2D eigenvalue weighted by molar-refractivity contribution is 5.93. The second-order valence-corrected chi connectivity index (χ2v) is 2.92. The fourth-order valence-corrected chi connectivity index (χ4v) is 1.15. The molecule has 1 rings (SSSR count). The molecule has 0 atom stereocenters. The second kappa shape index (κ2) is 4.59. The molecule has 1 amide bonds. The van der Waals surface area contributed by atoms with E-state index in [1.54, 1.807) is 13.0 Å². The summed E-state index contributed by atoms with van der Waals surface area (Å²) in [5.74, 6) is -1.09. The first-order chi connectivity index (χ1) is 7.06. The SMILES string of the molecule is C=C(OCC)c1ccc(C(N)=O)c(F)c1. The van der Waals surface area contributed by atoms with E-state index >= 15 is 0 Å². The summed E-state index contributed by atoms with van der Waals surface area (Å²) in [7, 11) is 0. The van der Waals surface area contributed by atoms with Crippen LogP contribution in [-0.4, -0.2) is 12.5 Å². The molecule has 80 valence electrons. The predicted octanol–water partition coefficient (Wildman–Crippen LogP) is 1.93. The Morgan fingerprint density at radius 3 is 2.73 bits per heavy atom. The van der Waals surface area contributed by atoms with Gasteiger partial charge in [0.2, 0.25) is 0 Å². The monoisotopic (exact) mass is 209 g/mol. The topological polar surface area (TPSA) is 52.3 Å². The van der Waals surface area contributed by atoms with Crippen LogP contribution < -0.4 is 5.73 Å². The Morgan fingerprint density at radius 1 is 1.60 bits per heavy atom. The van der Waals surface area contributed by atoms with Gasteiger partial charge in [-0.05, 0) is 19.1 Å². The summed E-state index contributed by atoms with van der Waals surface area (Å²) < 4.78 is 18.4. The van der Waals surface area contributed by atoms with E-state index in [2.05, 4.69) is 6.58 Å². The van der Waals surface area contributed by atoms with Crippen molar-refractivity contribution in [2.45, 2.75) is 6.92 Å². The van der Waals surface area contributed by atoms with Crippen molar-refractivity contribution in [2.24, 2.45) is 5.73 Å². The van der Waals surface area contributed by atoms with Crippen molar-refractivity contribution in [2.75, 3.05) is 6.61 Å². The molecule has 4 heteroatoms. The van der Waals surface area contributed by atoms with Crippen molar-refractivity contribution >= 4 is 11.7 Å². The van der Waals surface area contributed by atoms with Gasteiger partial charge in [0.1, 0.15) is 11.6 Å². The molecule has 0 aliphatic heterocycles. The van der Waals surface area contributed by atoms with Crippen LogP contribution in [0.3, 0.4) is 0 Å². The molecule has 0 radical (unpaired) electrons. The average molecular weight is 209 g/mol. The summed E-state index contributed by atoms with van der Waals surface area (Å²) in [5, 5.41) is 0. The van der Waals surface area contributed by atoms with Crippen LogP contribution in [0.4, 0.5) is 4.39 Å². The average Bonchev–Trinajstić information content (AvgIpc) is 2.17. The zero-order valence-electron chi connectivity index (χ0n) is 8.42. The number of hydrogen-bond donors (Lipinski definition) is 1. The Hall–Kier alpha value is -1.84. The highest BCUT2D eigenvalue weighted by Gasteiger charge is 2.10. The minimum atomic E-state index is -0.791. The molecule has 1 aromatic carbocycles. The minimum Gasteiger partial charge on any atom is -0.494 e. The van der Waals surface area contributed by atoms with E-state index in [0.717, 1.165) is 0 Å². The van der Waals surface area contributed by atoms with Crippen LogP contribution in [0, 0.1) is 5.82 Å². The van der Waals surface area contributed by atoms with E-state index in [0.29, 0.717) is 17.9 Å². The number of ether oxygens (including phenoxy) is 1. The maximum atomic E-state index is 13.3. The summed E-state index contributed by atoms with van der Waals surface area (Å²) >= 11 is 0. The number of carbonyl (C=O) groups is 1. The first-order valence-electron chi connectivity index (χ1n) is 4.47. The van der Waals surface area contributed by atoms with Gasteiger partial charge in [-0.1, -0.05) is 12.6 Å². The number of primary amides is 1. The lowest BCUT2D eigenvalue weighted by molar-refractivity contribution is 0.0996. The maximum Gasteiger partial charge on any atom is 0.251 e. The third-order valence-corrected chi connectivity index (χ3v) is 1.88. The number of carbonyl (C=O) groups excluding carboxylic acids is 1. The van der Waals surface area contributed by atoms with Gasteiger partial charge in [-0.3, -0.25) is 4.79 Å². The molecule has 0 aromatic heterocycles. The Bertz CT molecular complexity index is 402. The van der Waals surface area contributed by atoms with E-state index in [-0.39, 0.29) is 5.56 Å². The van der Waals surface area contributed by atoms with Gasteiger partial charge in [-0.2, -0.15) is 0 Å². The van der Waals surface area contributed by atoms with Gasteiger partial charge in [-0.15, -0.1) is 0 Å². The minimum absolute atomic E-state index is 0.136. The summed E-state index contributed by atoms with van der Waals surface area (Å²) in [4.78, 5) is 10.8. The zero-order valence-corrected chi connectivity index (χ0v) is 8.42. The molecule has 0 fully saturated rings. The van der Waals surface area contributed by atoms with Crippen LogP contribution in [0.15, 0.2) is 24.8 Å². The fourth-order valence-electron chi connectivity index (χ4n) is 1.15. The molecule has 0 heterocycles. The number of benzene rings is 1. The fraction of sp³-hybridized carbons (Fsp3) is 0.182. The third kappa shape index (κ3) is 2.56. The van der Waals surface area contributed by atoms with Crippen molar-refractivity contribution in [1.82, 2.24) is 0 Å². The normalized spacial score (nSPS) is 9.73. The van der Waals surface area contributed by atoms with Gasteiger partial charge < -0.3 is 10.5 Å². The molecular formula is C11H12FNO2. The Kier molecular flexibility index (Phi) is 3.44. The van der Waals surface area contributed by atoms with E-state index in [9.17, 15) is 9.18 Å². The van der Waals surface area contributed by atoms with Crippen molar-refractivity contribution < 1.29 is 13.9 Å². The van der Waals surface area contributed by atoms with Gasteiger partial charge in [0.15, 0.2) is 0 Å². The maximum absolute atomic E-state index is 13.3. The van der Waals surface area contributed by atoms with Crippen LogP contribution in [0.1, 0.15) is 22.8 Å². The number of rotatable bonds is 4. The molecule has 0 aliphatic rings. The summed E-state index contributed by atoms with van der Waals surface area (Å²) in [6.45, 7) is 5.89. The van der Waals surface area contributed by atoms with Gasteiger partial charge >= 0.3 is 0 Å². The lowest BCUT2D eigenvalue weighted by Gasteiger charge is -2.07. The van der Waals surface area contributed by atoms with Gasteiger partial charge in [0.25, 0.3) is 5.91 Å². The summed E-state index contributed by atoms with van der Waals surface area (Å²) in [5.41, 5.74) is 5.33. The molecule has 2 N–H and O–H groups in total. The van der Waals surface area contributed by atoms with Crippen molar-refractivity contribution in [3.8, 4) is 0 Å². The van der Waals surface area contributed by atoms with Crippen LogP contribution in [0.5, 0.6) is 0 Å². The van der Waals surface area contributed by atoms with Crippen molar-refractivity contribution in [1.29, 1.82) is 0 Å². The van der Waals surface area contributed by atoms with Gasteiger partial charge in [-0.25, -0.2) is 4.39 Å². The van der Waals surface area contributed by atoms with Crippen molar-refractivity contribution in [3.05, 3.63) is 41.7 Å². The summed E-state index contributed by atoms with van der Waals surface area (Å²) in [6.07, 6.45) is 0. The molecule has 0 aliphatic carbocycles. The zero-order chi connectivity index (χ0) is 11.4. The van der Waals surface area contributed by atoms with Gasteiger partial charge in [0, 0.05) is 5.56 Å². The Balaban J connectivity index is 3.01. The molecule has 0 unspecified atom stereocenters. The smallest absolute Gasteiger partial charge is 0.251 e. The lowest BCUT2D eigenvalue weighted by atomic mass is 10.1. The molecule has 3 nitrogen and oxygen atoms in total. The van der Waals surface area contributed by atoms with E-state index in [1.165, 1.54) is 12.1 Å². The predicted molar refractivity (Wildman–Crippen MR) is 55.6 cm³/mol. The van der Waals surface area contributed by atoms with Crippen LogP contribution in [0.2, 0.25) is 0 Å². The third-order valence-electron chi connectivity index (χ3n) is 1.88. The molecule has 15 heavy (non-hydrogen) atoms. The first kappa shape index (κ1) is 11.2. The van der Waals surface area contributed by atoms with Crippen LogP contribution >= 0.6 is 0 Å². The number of amides is 1. The first-order valence-corrected chi connectivity index (χ1v) is 4.47. The summed E-state index contributed by atoms with van der Waals surface area (Å²) in [6, 6.07) is 4.04. The lowest BCUT2D eigenvalue weighted by Crippen LogP contribution is -2.13. The number of hydrogen-bond acceptors (Lipinski definition) is 2. The largest absolute Gasteiger partial charge is 0.494 e. The highest BCUT2D eigenvalue weighted by atomic mass is 19.1. The number of halogens is 1. The van der Waals surface area contributed by atoms with E-state index in [4.69, 9.17) is 10.5 Å². The molecule has 0 spiro atoms. The molecule has 0 saturated heterocycles. The van der Waals surface area contributed by atoms with E-state index < -0.39 is 11.7 Å².